The number of hydrogen-bond donors (Lipinski definition) is 0. The van der Waals surface area contributed by atoms with Crippen LogP contribution in [0.4, 0.5) is 0 Å². The minimum atomic E-state index is 0.00139. The van der Waals surface area contributed by atoms with E-state index in [0.717, 1.165) is 61.7 Å². The molecular weight excluding hydrogens is 512 g/mol. The third-order valence-electron chi connectivity index (χ3n) is 7.76. The van der Waals surface area contributed by atoms with Gasteiger partial charge in [0.05, 0.1) is 19.8 Å². The number of hydrogen-bond acceptors (Lipinski definition) is 5. The van der Waals surface area contributed by atoms with Crippen molar-refractivity contribution in [2.75, 3.05) is 33.0 Å². The van der Waals surface area contributed by atoms with Crippen LogP contribution >= 0.6 is 0 Å². The summed E-state index contributed by atoms with van der Waals surface area (Å²) >= 11 is 0. The minimum absolute atomic E-state index is 0.00139. The second kappa shape index (κ2) is 12.5. The molecule has 3 saturated heterocycles. The largest absolute Gasteiger partial charge is 0.490 e. The van der Waals surface area contributed by atoms with Crippen LogP contribution in [0.15, 0.2) is 92.6 Å². The summed E-state index contributed by atoms with van der Waals surface area (Å²) in [6, 6.07) is 19.9. The maximum absolute atomic E-state index is 6.14. The van der Waals surface area contributed by atoms with E-state index in [9.17, 15) is 0 Å². The standard InChI is InChI=1S/C36H38O5/c1-4-7-24-16-27(10-13-32(24)35-23-41-35)36(28-11-14-33(25(17-28)8-5-2)39-21-30-19-37-30)29-12-15-34(26(18-29)9-6-3)40-22-31-20-38-31/h4-6,10-18,30-31,35-36H,1-3,7-9,19-23H2. The zero-order valence-corrected chi connectivity index (χ0v) is 23.6. The molecule has 3 aliphatic rings. The third kappa shape index (κ3) is 6.82. The summed E-state index contributed by atoms with van der Waals surface area (Å²) in [5, 5.41) is 0. The molecule has 0 aromatic heterocycles. The molecule has 3 atom stereocenters. The summed E-state index contributed by atoms with van der Waals surface area (Å²) in [5.41, 5.74) is 8.37. The highest BCUT2D eigenvalue weighted by Gasteiger charge is 2.29. The van der Waals surface area contributed by atoms with Gasteiger partial charge >= 0.3 is 0 Å². The zero-order chi connectivity index (χ0) is 28.2. The van der Waals surface area contributed by atoms with Crippen LogP contribution in [0, 0.1) is 0 Å². The van der Waals surface area contributed by atoms with Gasteiger partial charge in [-0.2, -0.15) is 0 Å². The highest BCUT2D eigenvalue weighted by atomic mass is 16.6. The number of epoxide rings is 3. The predicted octanol–water partition coefficient (Wildman–Crippen LogP) is 6.68. The van der Waals surface area contributed by atoms with Crippen LogP contribution in [-0.4, -0.2) is 45.2 Å². The van der Waals surface area contributed by atoms with Gasteiger partial charge in [0.15, 0.2) is 0 Å². The van der Waals surface area contributed by atoms with Crippen LogP contribution in [0.1, 0.15) is 51.0 Å². The molecule has 0 saturated carbocycles. The summed E-state index contributed by atoms with van der Waals surface area (Å²) in [7, 11) is 0. The Morgan fingerprint density at radius 3 is 1.51 bits per heavy atom. The lowest BCUT2D eigenvalue weighted by atomic mass is 9.82. The molecule has 212 valence electrons. The predicted molar refractivity (Wildman–Crippen MR) is 161 cm³/mol. The SMILES string of the molecule is C=CCc1cc(C(c2ccc(OCC3CO3)c(CC=C)c2)c2ccc(C3CO3)c(CC=C)c2)ccc1OCC1CO1. The van der Waals surface area contributed by atoms with E-state index in [1.165, 1.54) is 27.8 Å². The molecule has 0 bridgehead atoms. The lowest BCUT2D eigenvalue weighted by Crippen LogP contribution is -2.10. The average Bonchev–Trinajstić information content (AvgIpc) is 3.81. The lowest BCUT2D eigenvalue weighted by molar-refractivity contribution is 0.261. The van der Waals surface area contributed by atoms with E-state index < -0.39 is 0 Å². The second-order valence-electron chi connectivity index (χ2n) is 11.0. The van der Waals surface area contributed by atoms with Gasteiger partial charge in [-0.1, -0.05) is 60.7 Å². The topological polar surface area (TPSA) is 56.0 Å². The maximum Gasteiger partial charge on any atom is 0.122 e. The van der Waals surface area contributed by atoms with Crippen molar-refractivity contribution in [1.82, 2.24) is 0 Å². The van der Waals surface area contributed by atoms with E-state index in [0.29, 0.717) is 13.2 Å². The fourth-order valence-corrected chi connectivity index (χ4v) is 5.42. The van der Waals surface area contributed by atoms with Crippen LogP contribution in [0.2, 0.25) is 0 Å². The van der Waals surface area contributed by atoms with Gasteiger partial charge in [0.1, 0.15) is 43.0 Å². The van der Waals surface area contributed by atoms with Gasteiger partial charge in [-0.25, -0.2) is 0 Å². The lowest BCUT2D eigenvalue weighted by Gasteiger charge is -2.23. The fourth-order valence-electron chi connectivity index (χ4n) is 5.42. The molecule has 3 unspecified atom stereocenters. The van der Waals surface area contributed by atoms with E-state index in [-0.39, 0.29) is 24.2 Å². The molecule has 5 nitrogen and oxygen atoms in total. The molecule has 5 heteroatoms. The van der Waals surface area contributed by atoms with Crippen LogP contribution in [0.3, 0.4) is 0 Å². The van der Waals surface area contributed by atoms with E-state index >= 15 is 0 Å². The van der Waals surface area contributed by atoms with Crippen molar-refractivity contribution in [2.45, 2.75) is 43.5 Å². The van der Waals surface area contributed by atoms with Gasteiger partial charge in [-0.05, 0) is 70.3 Å². The Labute approximate surface area is 243 Å². The molecule has 0 N–H and O–H groups in total. The van der Waals surface area contributed by atoms with E-state index in [4.69, 9.17) is 23.7 Å². The molecule has 3 heterocycles. The third-order valence-corrected chi connectivity index (χ3v) is 7.76. The van der Waals surface area contributed by atoms with Crippen molar-refractivity contribution >= 4 is 0 Å². The minimum Gasteiger partial charge on any atom is -0.490 e. The molecule has 3 fully saturated rings. The van der Waals surface area contributed by atoms with Crippen LogP contribution < -0.4 is 9.47 Å². The maximum atomic E-state index is 6.14. The quantitative estimate of drug-likeness (QED) is 0.113. The van der Waals surface area contributed by atoms with Crippen LogP contribution in [0.5, 0.6) is 11.5 Å². The first kappa shape index (κ1) is 27.5. The molecule has 0 aliphatic carbocycles. The van der Waals surface area contributed by atoms with E-state index in [2.05, 4.69) is 74.3 Å². The summed E-state index contributed by atoms with van der Waals surface area (Å²) in [4.78, 5) is 0. The first-order valence-electron chi connectivity index (χ1n) is 14.5. The van der Waals surface area contributed by atoms with Gasteiger partial charge in [0.25, 0.3) is 0 Å². The molecule has 0 spiro atoms. The van der Waals surface area contributed by atoms with Gasteiger partial charge in [-0.15, -0.1) is 19.7 Å². The zero-order valence-electron chi connectivity index (χ0n) is 23.6. The highest BCUT2D eigenvalue weighted by molar-refractivity contribution is 5.52. The van der Waals surface area contributed by atoms with Crippen molar-refractivity contribution in [1.29, 1.82) is 0 Å². The number of benzene rings is 3. The molecule has 3 aromatic rings. The smallest absolute Gasteiger partial charge is 0.122 e. The van der Waals surface area contributed by atoms with Crippen LogP contribution in [-0.2, 0) is 33.5 Å². The molecular formula is C36H38O5. The normalized spacial score (nSPS) is 21.0. The highest BCUT2D eigenvalue weighted by Crippen LogP contribution is 2.40. The van der Waals surface area contributed by atoms with Gasteiger partial charge in [0, 0.05) is 5.92 Å². The van der Waals surface area contributed by atoms with Crippen molar-refractivity contribution in [3.05, 3.63) is 132 Å². The number of ether oxygens (including phenoxy) is 5. The average molecular weight is 551 g/mol. The second-order valence-corrected chi connectivity index (χ2v) is 11.0. The van der Waals surface area contributed by atoms with Gasteiger partial charge < -0.3 is 23.7 Å². The van der Waals surface area contributed by atoms with Gasteiger partial charge in [0.2, 0.25) is 0 Å². The monoisotopic (exact) mass is 550 g/mol. The van der Waals surface area contributed by atoms with Crippen molar-refractivity contribution in [3.8, 4) is 11.5 Å². The Balaban J connectivity index is 1.42. The number of allylic oxidation sites excluding steroid dienone is 3. The summed E-state index contributed by atoms with van der Waals surface area (Å²) in [6.07, 6.45) is 8.66. The molecule has 41 heavy (non-hydrogen) atoms. The number of rotatable bonds is 16. The summed E-state index contributed by atoms with van der Waals surface area (Å²) in [6.45, 7) is 15.5. The summed E-state index contributed by atoms with van der Waals surface area (Å²) < 4.78 is 28.7. The molecule has 3 aromatic carbocycles. The van der Waals surface area contributed by atoms with Crippen molar-refractivity contribution in [3.63, 3.8) is 0 Å². The molecule has 6 rings (SSSR count). The Hall–Kier alpha value is -3.64. The first-order chi connectivity index (χ1) is 20.2. The Bertz CT molecular complexity index is 1340. The Morgan fingerprint density at radius 2 is 1.07 bits per heavy atom. The Morgan fingerprint density at radius 1 is 0.634 bits per heavy atom. The van der Waals surface area contributed by atoms with E-state index in [1.54, 1.807) is 0 Å². The summed E-state index contributed by atoms with van der Waals surface area (Å²) in [5.74, 6) is 1.77. The van der Waals surface area contributed by atoms with Gasteiger partial charge in [-0.3, -0.25) is 0 Å². The molecule has 0 radical (unpaired) electrons. The first-order valence-corrected chi connectivity index (χ1v) is 14.5. The molecule has 0 amide bonds. The fraction of sp³-hybridized carbons (Fsp3) is 0.333. The van der Waals surface area contributed by atoms with E-state index in [1.807, 2.05) is 18.2 Å². The van der Waals surface area contributed by atoms with Crippen molar-refractivity contribution in [2.24, 2.45) is 0 Å². The Kier molecular flexibility index (Phi) is 8.38. The molecule has 3 aliphatic heterocycles. The van der Waals surface area contributed by atoms with Crippen LogP contribution in [0.25, 0.3) is 0 Å². The van der Waals surface area contributed by atoms with Crippen molar-refractivity contribution < 1.29 is 23.7 Å².